The smallest absolute Gasteiger partial charge is 0.248 e. The molecule has 2 aromatic heterocycles. The van der Waals surface area contributed by atoms with Crippen molar-refractivity contribution in [3.05, 3.63) is 103 Å². The molecule has 0 saturated carbocycles. The summed E-state index contributed by atoms with van der Waals surface area (Å²) in [5, 5.41) is 10.5. The minimum atomic E-state index is -0.515. The van der Waals surface area contributed by atoms with Gasteiger partial charge in [-0.1, -0.05) is 57.2 Å². The summed E-state index contributed by atoms with van der Waals surface area (Å²) in [7, 11) is 0. The molecule has 4 aromatic rings. The van der Waals surface area contributed by atoms with Crippen LogP contribution in [-0.4, -0.2) is 26.6 Å². The van der Waals surface area contributed by atoms with Gasteiger partial charge in [0.1, 0.15) is 5.69 Å². The Morgan fingerprint density at radius 1 is 0.944 bits per heavy atom. The third kappa shape index (κ3) is 6.54. The Morgan fingerprint density at radius 3 is 2.39 bits per heavy atom. The molecule has 0 spiro atoms. The number of rotatable bonds is 7. The van der Waals surface area contributed by atoms with E-state index in [1.54, 1.807) is 42.7 Å². The number of carbonyl (C=O) groups excluding carboxylic acids is 2. The summed E-state index contributed by atoms with van der Waals surface area (Å²) in [4.78, 5) is 29.2. The average molecular weight is 480 g/mol. The number of hydrogen-bond acceptors (Lipinski definition) is 4. The van der Waals surface area contributed by atoms with Crippen LogP contribution in [0.25, 0.3) is 17.3 Å². The molecule has 0 aliphatic rings. The van der Waals surface area contributed by atoms with E-state index in [1.807, 2.05) is 74.1 Å². The van der Waals surface area contributed by atoms with Gasteiger partial charge in [0.15, 0.2) is 0 Å². The van der Waals surface area contributed by atoms with Crippen molar-refractivity contribution in [2.45, 2.75) is 27.3 Å². The lowest BCUT2D eigenvalue weighted by Gasteiger charge is -2.18. The van der Waals surface area contributed by atoms with Crippen LogP contribution in [0.3, 0.4) is 0 Å². The van der Waals surface area contributed by atoms with Crippen molar-refractivity contribution < 1.29 is 9.59 Å². The molecule has 2 amide bonds. The largest absolute Gasteiger partial charge is 0.326 e. The van der Waals surface area contributed by atoms with Crippen LogP contribution in [0.2, 0.25) is 0 Å². The third-order valence-electron chi connectivity index (χ3n) is 5.40. The van der Waals surface area contributed by atoms with Crippen LogP contribution in [0.5, 0.6) is 0 Å². The molecular formula is C29H29N5O2. The van der Waals surface area contributed by atoms with E-state index < -0.39 is 5.41 Å². The maximum absolute atomic E-state index is 12.7. The predicted molar refractivity (Wildman–Crippen MR) is 143 cm³/mol. The molecule has 2 aromatic carbocycles. The van der Waals surface area contributed by atoms with Gasteiger partial charge in [-0.2, -0.15) is 5.10 Å². The van der Waals surface area contributed by atoms with Gasteiger partial charge in [-0.05, 0) is 42.0 Å². The quantitative estimate of drug-likeness (QED) is 0.336. The van der Waals surface area contributed by atoms with E-state index in [1.165, 1.54) is 6.08 Å². The monoisotopic (exact) mass is 479 g/mol. The Bertz CT molecular complexity index is 1370. The fourth-order valence-corrected chi connectivity index (χ4v) is 3.48. The number of benzene rings is 2. The molecule has 0 fully saturated rings. The minimum absolute atomic E-state index is 0.0960. The van der Waals surface area contributed by atoms with E-state index in [0.29, 0.717) is 17.9 Å². The third-order valence-corrected chi connectivity index (χ3v) is 5.40. The lowest BCUT2D eigenvalue weighted by Crippen LogP contribution is -2.27. The second-order valence-corrected chi connectivity index (χ2v) is 9.47. The summed E-state index contributed by atoms with van der Waals surface area (Å²) in [5.41, 5.74) is 4.24. The zero-order chi connectivity index (χ0) is 25.5. The molecule has 0 atom stereocenters. The normalized spacial score (nSPS) is 11.4. The van der Waals surface area contributed by atoms with Crippen LogP contribution in [-0.2, 0) is 16.1 Å². The van der Waals surface area contributed by atoms with Crippen LogP contribution in [0.1, 0.15) is 31.9 Å². The minimum Gasteiger partial charge on any atom is -0.326 e. The molecule has 2 N–H and O–H groups in total. The van der Waals surface area contributed by atoms with E-state index in [4.69, 9.17) is 5.10 Å². The number of pyridine rings is 1. The lowest BCUT2D eigenvalue weighted by atomic mass is 9.95. The molecule has 7 heteroatoms. The van der Waals surface area contributed by atoms with Crippen molar-refractivity contribution in [1.29, 1.82) is 0 Å². The van der Waals surface area contributed by atoms with E-state index >= 15 is 0 Å². The highest BCUT2D eigenvalue weighted by molar-refractivity contribution is 6.03. The highest BCUT2D eigenvalue weighted by Gasteiger charge is 2.21. The molecule has 0 aliphatic carbocycles. The molecule has 2 heterocycles. The first-order valence-electron chi connectivity index (χ1n) is 11.7. The van der Waals surface area contributed by atoms with Crippen LogP contribution in [0.4, 0.5) is 11.4 Å². The number of carbonyl (C=O) groups is 2. The maximum Gasteiger partial charge on any atom is 0.248 e. The number of aromatic nitrogens is 3. The predicted octanol–water partition coefficient (Wildman–Crippen LogP) is 5.63. The average Bonchev–Trinajstić information content (AvgIpc) is 3.26. The SMILES string of the molecule is CC(C)(C)C(=O)Nc1cccc(NC(=O)/C=C/c2cn(Cc3ccccc3)nc2-c2cccnc2)c1. The molecule has 7 nitrogen and oxygen atoms in total. The second-order valence-electron chi connectivity index (χ2n) is 9.47. The van der Waals surface area contributed by atoms with Gasteiger partial charge in [0.2, 0.25) is 11.8 Å². The first-order chi connectivity index (χ1) is 17.3. The van der Waals surface area contributed by atoms with Crippen LogP contribution < -0.4 is 10.6 Å². The Labute approximate surface area is 210 Å². The molecule has 0 radical (unpaired) electrons. The molecule has 0 bridgehead atoms. The van der Waals surface area contributed by atoms with Gasteiger partial charge in [-0.3, -0.25) is 19.3 Å². The second kappa shape index (κ2) is 10.8. The van der Waals surface area contributed by atoms with Crippen LogP contribution in [0, 0.1) is 5.41 Å². The fraction of sp³-hybridized carbons (Fsp3) is 0.172. The first-order valence-corrected chi connectivity index (χ1v) is 11.7. The zero-order valence-electron chi connectivity index (χ0n) is 20.6. The molecule has 0 saturated heterocycles. The standard InChI is InChI=1S/C29H29N5O2/c1-29(2,3)28(36)32-25-13-7-12-24(17-25)31-26(35)15-14-23-20-34(19-21-9-5-4-6-10-21)33-27(23)22-11-8-16-30-18-22/h4-18,20H,19H2,1-3H3,(H,31,35)(H,32,36)/b15-14+. The van der Waals surface area contributed by atoms with Crippen molar-refractivity contribution in [3.63, 3.8) is 0 Å². The molecular weight excluding hydrogens is 450 g/mol. The molecule has 0 aliphatic heterocycles. The van der Waals surface area contributed by atoms with Crippen LogP contribution >= 0.6 is 0 Å². The summed E-state index contributed by atoms with van der Waals surface area (Å²) in [6, 6.07) is 20.9. The van der Waals surface area contributed by atoms with Gasteiger partial charge < -0.3 is 10.6 Å². The van der Waals surface area contributed by atoms with E-state index in [9.17, 15) is 9.59 Å². The van der Waals surface area contributed by atoms with Crippen molar-refractivity contribution >= 4 is 29.3 Å². The Balaban J connectivity index is 1.51. The van der Waals surface area contributed by atoms with E-state index in [-0.39, 0.29) is 11.8 Å². The maximum atomic E-state index is 12.7. The van der Waals surface area contributed by atoms with Gasteiger partial charge in [-0.15, -0.1) is 0 Å². The molecule has 0 unspecified atom stereocenters. The first kappa shape index (κ1) is 24.6. The van der Waals surface area contributed by atoms with Crippen molar-refractivity contribution in [3.8, 4) is 11.3 Å². The highest BCUT2D eigenvalue weighted by Crippen LogP contribution is 2.24. The molecule has 182 valence electrons. The number of anilines is 2. The number of nitrogens with zero attached hydrogens (tertiary/aromatic N) is 3. The van der Waals surface area contributed by atoms with Gasteiger partial charge in [0, 0.05) is 52.6 Å². The Kier molecular flexibility index (Phi) is 7.39. The summed E-state index contributed by atoms with van der Waals surface area (Å²) >= 11 is 0. The van der Waals surface area contributed by atoms with Gasteiger partial charge in [0.25, 0.3) is 0 Å². The lowest BCUT2D eigenvalue weighted by molar-refractivity contribution is -0.123. The number of nitrogens with one attached hydrogen (secondary N) is 2. The van der Waals surface area contributed by atoms with Gasteiger partial charge in [-0.25, -0.2) is 0 Å². The zero-order valence-corrected chi connectivity index (χ0v) is 20.6. The summed E-state index contributed by atoms with van der Waals surface area (Å²) in [5.74, 6) is -0.386. The Hall–Kier alpha value is -4.52. The highest BCUT2D eigenvalue weighted by atomic mass is 16.2. The number of amides is 2. The molecule has 36 heavy (non-hydrogen) atoms. The van der Waals surface area contributed by atoms with Gasteiger partial charge in [0.05, 0.1) is 6.54 Å². The fourth-order valence-electron chi connectivity index (χ4n) is 3.48. The Morgan fingerprint density at radius 2 is 1.69 bits per heavy atom. The van der Waals surface area contributed by atoms with E-state index in [0.717, 1.165) is 22.4 Å². The summed E-state index contributed by atoms with van der Waals surface area (Å²) in [6.07, 6.45) is 8.61. The summed E-state index contributed by atoms with van der Waals surface area (Å²) in [6.45, 7) is 6.16. The van der Waals surface area contributed by atoms with Crippen molar-refractivity contribution in [2.75, 3.05) is 10.6 Å². The van der Waals surface area contributed by atoms with Crippen LogP contribution in [0.15, 0.2) is 91.4 Å². The van der Waals surface area contributed by atoms with Gasteiger partial charge >= 0.3 is 0 Å². The topological polar surface area (TPSA) is 88.9 Å². The van der Waals surface area contributed by atoms with Crippen molar-refractivity contribution in [1.82, 2.24) is 14.8 Å². The van der Waals surface area contributed by atoms with Crippen molar-refractivity contribution in [2.24, 2.45) is 5.41 Å². The van der Waals surface area contributed by atoms with E-state index in [2.05, 4.69) is 15.6 Å². The summed E-state index contributed by atoms with van der Waals surface area (Å²) < 4.78 is 1.86. The molecule has 4 rings (SSSR count). The number of hydrogen-bond donors (Lipinski definition) is 2.